The second-order valence-corrected chi connectivity index (χ2v) is 18.4. The minimum absolute atomic E-state index is 0.00379. The lowest BCUT2D eigenvalue weighted by Gasteiger charge is -2.31. The number of nitrogens with two attached hydrogens (primary N) is 4. The number of phenolic OH excluding ortho intramolecular Hbond substituents is 1. The van der Waals surface area contributed by atoms with E-state index < -0.39 is 83.6 Å². The number of nitrogens with one attached hydrogen (secondary N) is 6. The largest absolute Gasteiger partial charge is 0.508 e. The number of aliphatic carboxylic acids is 1. The second kappa shape index (κ2) is 28.7. The fourth-order valence-corrected chi connectivity index (χ4v) is 7.83. The van der Waals surface area contributed by atoms with E-state index in [0.717, 1.165) is 10.0 Å². The number of phenols is 1. The summed E-state index contributed by atoms with van der Waals surface area (Å²) in [6.07, 6.45) is 1.87. The molecule has 0 aromatic heterocycles. The van der Waals surface area contributed by atoms with Gasteiger partial charge in [-0.15, -0.1) is 0 Å². The highest BCUT2D eigenvalue weighted by Gasteiger charge is 2.40. The molecule has 69 heavy (non-hydrogen) atoms. The molecule has 0 spiro atoms. The number of carboxylic acids is 1. The van der Waals surface area contributed by atoms with Crippen LogP contribution in [0.2, 0.25) is 0 Å². The Kier molecular flexibility index (Phi) is 23.7. The molecule has 0 aliphatic carbocycles. The van der Waals surface area contributed by atoms with E-state index >= 15 is 0 Å². The van der Waals surface area contributed by atoms with E-state index in [1.54, 1.807) is 43.3 Å². The van der Waals surface area contributed by atoms with Gasteiger partial charge in [-0.25, -0.2) is 10.2 Å². The van der Waals surface area contributed by atoms with Gasteiger partial charge in [-0.05, 0) is 92.2 Å². The van der Waals surface area contributed by atoms with Crippen molar-refractivity contribution in [3.8, 4) is 5.75 Å². The molecular formula is C46H70BrN13O9. The van der Waals surface area contributed by atoms with Crippen molar-refractivity contribution in [2.24, 2.45) is 44.8 Å². The molecule has 6 amide bonds. The third-order valence-corrected chi connectivity index (χ3v) is 12.0. The summed E-state index contributed by atoms with van der Waals surface area (Å²) in [4.78, 5) is 105. The highest BCUT2D eigenvalue weighted by Crippen LogP contribution is 2.22. The van der Waals surface area contributed by atoms with Crippen molar-refractivity contribution in [1.82, 2.24) is 37.0 Å². The molecule has 3 rings (SSSR count). The number of carbonyl (C=O) groups is 7. The fraction of sp³-hybridized carbons (Fsp3) is 0.543. The summed E-state index contributed by atoms with van der Waals surface area (Å²) in [6.45, 7) is 7.62. The van der Waals surface area contributed by atoms with E-state index in [4.69, 9.17) is 22.9 Å². The van der Waals surface area contributed by atoms with E-state index in [-0.39, 0.29) is 88.2 Å². The number of aliphatic imine (C=N–C) groups is 2. The first-order valence-corrected chi connectivity index (χ1v) is 23.9. The Bertz CT molecular complexity index is 2100. The van der Waals surface area contributed by atoms with Gasteiger partial charge in [0.05, 0.1) is 6.42 Å². The van der Waals surface area contributed by atoms with Gasteiger partial charge >= 0.3 is 5.97 Å². The lowest BCUT2D eigenvalue weighted by molar-refractivity contribution is -0.143. The fourth-order valence-electron chi connectivity index (χ4n) is 7.56. The summed E-state index contributed by atoms with van der Waals surface area (Å²) in [6, 6.07) is 6.10. The van der Waals surface area contributed by atoms with Crippen molar-refractivity contribution in [3.63, 3.8) is 0 Å². The molecule has 1 heterocycles. The van der Waals surface area contributed by atoms with Crippen LogP contribution in [0, 0.1) is 11.8 Å². The molecule has 1 fully saturated rings. The molecule has 7 atom stereocenters. The van der Waals surface area contributed by atoms with Crippen LogP contribution in [0.4, 0.5) is 0 Å². The third-order valence-electron chi connectivity index (χ3n) is 11.4. The molecule has 1 aliphatic heterocycles. The summed E-state index contributed by atoms with van der Waals surface area (Å²) >= 11 is 3.37. The number of carbonyl (C=O) groups excluding carboxylic acids is 6. The monoisotopic (exact) mass is 1030 g/mol. The van der Waals surface area contributed by atoms with Gasteiger partial charge in [0.2, 0.25) is 35.4 Å². The first kappa shape index (κ1) is 56.8. The number of carboxylic acid groups (broad SMARTS) is 1. The zero-order chi connectivity index (χ0) is 51.2. The predicted octanol–water partition coefficient (Wildman–Crippen LogP) is 0.143. The van der Waals surface area contributed by atoms with Crippen LogP contribution in [0.25, 0.3) is 0 Å². The van der Waals surface area contributed by atoms with Crippen molar-refractivity contribution in [2.75, 3.05) is 19.6 Å². The summed E-state index contributed by atoms with van der Waals surface area (Å²) < 4.78 is 0.841. The Labute approximate surface area is 411 Å². The zero-order valence-electron chi connectivity index (χ0n) is 39.7. The summed E-state index contributed by atoms with van der Waals surface area (Å²) in [5.41, 5.74) is 28.7. The number of halogens is 1. The minimum atomic E-state index is -1.30. The average molecular weight is 1030 g/mol. The van der Waals surface area contributed by atoms with Gasteiger partial charge in [0.25, 0.3) is 0 Å². The van der Waals surface area contributed by atoms with Crippen LogP contribution in [0.15, 0.2) is 63.0 Å². The van der Waals surface area contributed by atoms with Crippen LogP contribution in [0.3, 0.4) is 0 Å². The van der Waals surface area contributed by atoms with Gasteiger partial charge in [0, 0.05) is 30.5 Å². The van der Waals surface area contributed by atoms with Crippen molar-refractivity contribution in [3.05, 3.63) is 64.1 Å². The van der Waals surface area contributed by atoms with E-state index in [1.807, 2.05) is 20.8 Å². The van der Waals surface area contributed by atoms with Gasteiger partial charge in [0.15, 0.2) is 11.9 Å². The van der Waals surface area contributed by atoms with Crippen LogP contribution in [0.1, 0.15) is 90.2 Å². The van der Waals surface area contributed by atoms with Gasteiger partial charge in [-0.2, -0.15) is 0 Å². The van der Waals surface area contributed by atoms with Crippen molar-refractivity contribution >= 4 is 69.3 Å². The smallest absolute Gasteiger partial charge is 0.326 e. The van der Waals surface area contributed by atoms with E-state index in [9.17, 15) is 43.8 Å². The lowest BCUT2D eigenvalue weighted by Crippen LogP contribution is -2.60. The van der Waals surface area contributed by atoms with Crippen LogP contribution in [-0.4, -0.2) is 124 Å². The second-order valence-electron chi connectivity index (χ2n) is 17.5. The molecule has 2 aromatic carbocycles. The molecule has 16 N–H and O–H groups in total. The number of hydrogen-bond acceptors (Lipinski definition) is 11. The Morgan fingerprint density at radius 1 is 0.754 bits per heavy atom. The number of aromatic hydroxyl groups is 1. The van der Waals surface area contributed by atoms with Crippen LogP contribution < -0.4 is 55.1 Å². The van der Waals surface area contributed by atoms with Crippen LogP contribution in [-0.2, 0) is 46.4 Å². The number of benzene rings is 2. The normalized spacial score (nSPS) is 15.9. The first-order valence-electron chi connectivity index (χ1n) is 23.1. The molecule has 1 aliphatic rings. The number of hydrazine groups is 1. The number of amides is 6. The van der Waals surface area contributed by atoms with E-state index in [1.165, 1.54) is 17.0 Å². The van der Waals surface area contributed by atoms with Crippen molar-refractivity contribution in [2.45, 2.75) is 128 Å². The van der Waals surface area contributed by atoms with Gasteiger partial charge in [-0.3, -0.25) is 44.2 Å². The first-order chi connectivity index (χ1) is 32.7. The highest BCUT2D eigenvalue weighted by molar-refractivity contribution is 9.10. The summed E-state index contributed by atoms with van der Waals surface area (Å²) in [5, 5.41) is 30.7. The Morgan fingerprint density at radius 3 is 1.88 bits per heavy atom. The molecule has 0 radical (unpaired) electrons. The number of guanidine groups is 2. The maximum atomic E-state index is 14.6. The zero-order valence-corrected chi connectivity index (χ0v) is 41.3. The van der Waals surface area contributed by atoms with E-state index in [2.05, 4.69) is 58.0 Å². The minimum Gasteiger partial charge on any atom is -0.508 e. The molecule has 23 heteroatoms. The highest BCUT2D eigenvalue weighted by atomic mass is 79.9. The maximum absolute atomic E-state index is 14.6. The molecule has 0 unspecified atom stereocenters. The molecule has 0 saturated carbocycles. The molecule has 0 bridgehead atoms. The number of nitrogens with zero attached hydrogens (tertiary/aromatic N) is 3. The maximum Gasteiger partial charge on any atom is 0.326 e. The van der Waals surface area contributed by atoms with Crippen LogP contribution >= 0.6 is 15.9 Å². The number of hydrogen-bond donors (Lipinski definition) is 12. The Balaban J connectivity index is 1.89. The average Bonchev–Trinajstić information content (AvgIpc) is 3.79. The van der Waals surface area contributed by atoms with Gasteiger partial charge < -0.3 is 59.3 Å². The van der Waals surface area contributed by atoms with Gasteiger partial charge in [0.1, 0.15) is 42.0 Å². The molecule has 1 saturated heterocycles. The topological polar surface area (TPSA) is 364 Å². The number of rotatable bonds is 28. The summed E-state index contributed by atoms with van der Waals surface area (Å²) in [7, 11) is 0. The van der Waals surface area contributed by atoms with Crippen molar-refractivity contribution < 1.29 is 43.8 Å². The predicted molar refractivity (Wildman–Crippen MR) is 264 cm³/mol. The van der Waals surface area contributed by atoms with E-state index in [0.29, 0.717) is 24.8 Å². The van der Waals surface area contributed by atoms with Gasteiger partial charge in [-0.1, -0.05) is 74.3 Å². The Morgan fingerprint density at radius 2 is 1.32 bits per heavy atom. The molecule has 2 aromatic rings. The molecule has 22 nitrogen and oxygen atoms in total. The van der Waals surface area contributed by atoms with Crippen LogP contribution in [0.5, 0.6) is 5.75 Å². The summed E-state index contributed by atoms with van der Waals surface area (Å²) in [5.74, 6) is -5.84. The van der Waals surface area contributed by atoms with Crippen molar-refractivity contribution in [1.29, 1.82) is 0 Å². The quantitative estimate of drug-likeness (QED) is 0.0234. The molecular weight excluding hydrogens is 958 g/mol. The number of likely N-dealkylation sites (tertiary alicyclic amines) is 1. The standard InChI is InChI=1S/C46H70BrN13O9/c1-5-27(4)38(42(66)56-35(44(68)69)23-26(2)3)57-40(64)34(24-28-14-18-31(61)19-15-28)55-41(65)36-11-8-22-60(36)43(67)33(10-7-21-53-46(50)51)54-39(63)32(9-6-20-52-45(48)49)58-59-37(62)25-29-12-16-30(47)17-13-29/h12-19,26-27,32-36,38,58,61H,5-11,20-25H2,1-4H3,(H,54,63)(H,55,65)(H,56,66)(H,57,64)(H,59,62)(H,68,69)(H4,48,49,52)(H4,50,51,53)/t27-,32-,33-,34-,35-,36-,38-/m0/s1. The molecule has 380 valence electrons. The Hall–Kier alpha value is -6.49. The lowest BCUT2D eigenvalue weighted by atomic mass is 9.96. The third kappa shape index (κ3) is 19.9. The SMILES string of the molecule is CC[C@H](C)[C@H](NC(=O)[C@H](Cc1ccc(O)cc1)NC(=O)[C@@H]1CCCN1C(=O)[C@H](CCCN=C(N)N)NC(=O)[C@H](CCCN=C(N)N)NNC(=O)Cc1ccc(Br)cc1)C(=O)N[C@@H](CC(C)C)C(=O)O.